The molecule has 0 radical (unpaired) electrons. The molecule has 1 aromatic carbocycles. The van der Waals surface area contributed by atoms with Gasteiger partial charge in [-0.15, -0.1) is 0 Å². The van der Waals surface area contributed by atoms with Gasteiger partial charge in [0, 0.05) is 13.2 Å². The lowest BCUT2D eigenvalue weighted by Crippen LogP contribution is -2.56. The number of ether oxygens (including phenoxy) is 1. The molecule has 0 amide bonds. The highest BCUT2D eigenvalue weighted by atomic mass is 16.5. The van der Waals surface area contributed by atoms with E-state index >= 15 is 0 Å². The number of rotatable bonds is 6. The molecular weight excluding hydrogens is 254 g/mol. The molecule has 2 rings (SSSR count). The van der Waals surface area contributed by atoms with Gasteiger partial charge in [-0.2, -0.15) is 0 Å². The molecule has 1 aliphatic rings. The first-order valence-corrected chi connectivity index (χ1v) is 7.24. The average molecular weight is 277 g/mol. The van der Waals surface area contributed by atoms with E-state index in [2.05, 4.69) is 5.32 Å². The highest BCUT2D eigenvalue weighted by Crippen LogP contribution is 2.27. The molecule has 4 heteroatoms. The fourth-order valence-corrected chi connectivity index (χ4v) is 2.99. The largest absolute Gasteiger partial charge is 0.480 e. The van der Waals surface area contributed by atoms with Crippen LogP contribution in [0.3, 0.4) is 0 Å². The number of carboxylic acid groups (broad SMARTS) is 1. The lowest BCUT2D eigenvalue weighted by molar-refractivity contribution is -0.148. The number of hydrogen-bond donors (Lipinski definition) is 2. The minimum Gasteiger partial charge on any atom is -0.480 e. The molecule has 1 aromatic rings. The Bertz CT molecular complexity index is 429. The number of benzene rings is 1. The Balaban J connectivity index is 2.29. The zero-order valence-corrected chi connectivity index (χ0v) is 12.0. The van der Waals surface area contributed by atoms with Crippen LogP contribution in [0.15, 0.2) is 30.3 Å². The van der Waals surface area contributed by atoms with Crippen molar-refractivity contribution < 1.29 is 14.6 Å². The molecule has 110 valence electrons. The molecule has 20 heavy (non-hydrogen) atoms. The third-order valence-electron chi connectivity index (χ3n) is 4.05. The van der Waals surface area contributed by atoms with Crippen molar-refractivity contribution in [3.8, 4) is 0 Å². The molecule has 0 heterocycles. The summed E-state index contributed by atoms with van der Waals surface area (Å²) >= 11 is 0. The van der Waals surface area contributed by atoms with Crippen molar-refractivity contribution in [2.45, 2.75) is 43.7 Å². The Morgan fingerprint density at radius 3 is 2.50 bits per heavy atom. The maximum absolute atomic E-state index is 11.9. The molecule has 4 nitrogen and oxygen atoms in total. The zero-order valence-electron chi connectivity index (χ0n) is 12.0. The van der Waals surface area contributed by atoms with Crippen LogP contribution >= 0.6 is 0 Å². The van der Waals surface area contributed by atoms with E-state index in [0.29, 0.717) is 0 Å². The third-order valence-corrected chi connectivity index (χ3v) is 4.05. The van der Waals surface area contributed by atoms with E-state index in [9.17, 15) is 9.90 Å². The number of carboxylic acids is 1. The number of hydrogen-bond acceptors (Lipinski definition) is 3. The molecular formula is C16H23NO3. The smallest absolute Gasteiger partial charge is 0.331 e. The van der Waals surface area contributed by atoms with Crippen LogP contribution in [0.2, 0.25) is 0 Å². The van der Waals surface area contributed by atoms with Crippen molar-refractivity contribution in [3.05, 3.63) is 35.9 Å². The van der Waals surface area contributed by atoms with Crippen molar-refractivity contribution in [2.24, 2.45) is 0 Å². The second kappa shape index (κ2) is 6.86. The van der Waals surface area contributed by atoms with Crippen molar-refractivity contribution in [3.63, 3.8) is 0 Å². The van der Waals surface area contributed by atoms with Crippen LogP contribution in [-0.2, 0) is 15.1 Å². The van der Waals surface area contributed by atoms with Gasteiger partial charge in [0.2, 0.25) is 0 Å². The standard InChI is InChI=1S/C16H23NO3/c1-20-12-16(15(18)19,13-8-4-2-5-9-13)17-14-10-6-3-7-11-14/h2,4-5,8-9,14,17H,3,6-7,10-12H2,1H3,(H,18,19). The van der Waals surface area contributed by atoms with E-state index in [-0.39, 0.29) is 12.6 Å². The molecule has 0 aliphatic heterocycles. The van der Waals surface area contributed by atoms with Gasteiger partial charge >= 0.3 is 5.97 Å². The summed E-state index contributed by atoms with van der Waals surface area (Å²) in [6, 6.07) is 9.57. The minimum atomic E-state index is -1.15. The van der Waals surface area contributed by atoms with Gasteiger partial charge in [0.15, 0.2) is 5.54 Å². The quantitative estimate of drug-likeness (QED) is 0.839. The van der Waals surface area contributed by atoms with Crippen LogP contribution in [-0.4, -0.2) is 30.8 Å². The minimum absolute atomic E-state index is 0.128. The molecule has 0 bridgehead atoms. The Kier molecular flexibility index (Phi) is 5.15. The molecule has 1 atom stereocenters. The van der Waals surface area contributed by atoms with Gasteiger partial charge in [-0.1, -0.05) is 49.6 Å². The molecule has 0 spiro atoms. The third kappa shape index (κ3) is 3.19. The first-order chi connectivity index (χ1) is 9.69. The fourth-order valence-electron chi connectivity index (χ4n) is 2.99. The van der Waals surface area contributed by atoms with E-state index in [0.717, 1.165) is 31.2 Å². The van der Waals surface area contributed by atoms with Gasteiger partial charge in [0.05, 0.1) is 6.61 Å². The van der Waals surface area contributed by atoms with Crippen molar-refractivity contribution in [1.29, 1.82) is 0 Å². The lowest BCUT2D eigenvalue weighted by atomic mass is 9.86. The summed E-state index contributed by atoms with van der Waals surface area (Å²) in [4.78, 5) is 11.9. The highest BCUT2D eigenvalue weighted by molar-refractivity contribution is 5.81. The fraction of sp³-hybridized carbons (Fsp3) is 0.562. The summed E-state index contributed by atoms with van der Waals surface area (Å²) in [5.41, 5.74) is -0.405. The van der Waals surface area contributed by atoms with Gasteiger partial charge in [0.25, 0.3) is 0 Å². The molecule has 0 saturated heterocycles. The highest BCUT2D eigenvalue weighted by Gasteiger charge is 2.42. The summed E-state index contributed by atoms with van der Waals surface area (Å²) < 4.78 is 5.22. The van der Waals surface area contributed by atoms with E-state index in [1.54, 1.807) is 7.11 Å². The number of carbonyl (C=O) groups is 1. The van der Waals surface area contributed by atoms with Crippen LogP contribution in [0.4, 0.5) is 0 Å². The maximum atomic E-state index is 11.9. The summed E-state index contributed by atoms with van der Waals surface area (Å²) in [5.74, 6) is -0.879. The Hall–Kier alpha value is -1.39. The summed E-state index contributed by atoms with van der Waals surface area (Å²) in [6.07, 6.45) is 5.63. The molecule has 2 N–H and O–H groups in total. The zero-order chi connectivity index (χ0) is 14.4. The topological polar surface area (TPSA) is 58.6 Å². The summed E-state index contributed by atoms with van der Waals surface area (Å²) in [5, 5.41) is 13.2. The van der Waals surface area contributed by atoms with E-state index in [1.807, 2.05) is 30.3 Å². The monoisotopic (exact) mass is 277 g/mol. The van der Waals surface area contributed by atoms with Crippen molar-refractivity contribution in [1.82, 2.24) is 5.32 Å². The van der Waals surface area contributed by atoms with Gasteiger partial charge in [-0.25, -0.2) is 4.79 Å². The molecule has 1 unspecified atom stereocenters. The predicted molar refractivity (Wildman–Crippen MR) is 77.6 cm³/mol. The summed E-state index contributed by atoms with van der Waals surface area (Å²) in [7, 11) is 1.54. The van der Waals surface area contributed by atoms with Gasteiger partial charge < -0.3 is 9.84 Å². The second-order valence-corrected chi connectivity index (χ2v) is 5.49. The van der Waals surface area contributed by atoms with Crippen LogP contribution in [0, 0.1) is 0 Å². The normalized spacial score (nSPS) is 19.4. The Labute approximate surface area is 120 Å². The number of methoxy groups -OCH3 is 1. The van der Waals surface area contributed by atoms with Gasteiger partial charge in [-0.3, -0.25) is 5.32 Å². The first kappa shape index (κ1) is 15.0. The maximum Gasteiger partial charge on any atom is 0.331 e. The molecule has 0 aromatic heterocycles. The molecule has 1 aliphatic carbocycles. The van der Waals surface area contributed by atoms with E-state index in [4.69, 9.17) is 4.74 Å². The van der Waals surface area contributed by atoms with Gasteiger partial charge in [0.1, 0.15) is 0 Å². The number of nitrogens with one attached hydrogen (secondary N) is 1. The average Bonchev–Trinajstić information content (AvgIpc) is 2.48. The van der Waals surface area contributed by atoms with Crippen molar-refractivity contribution >= 4 is 5.97 Å². The Morgan fingerprint density at radius 2 is 1.95 bits per heavy atom. The van der Waals surface area contributed by atoms with E-state index in [1.165, 1.54) is 6.42 Å². The predicted octanol–water partition coefficient (Wildman–Crippen LogP) is 2.54. The SMILES string of the molecule is COCC(NC1CCCCC1)(C(=O)O)c1ccccc1. The van der Waals surface area contributed by atoms with Crippen LogP contribution in [0.5, 0.6) is 0 Å². The van der Waals surface area contributed by atoms with Crippen LogP contribution < -0.4 is 5.32 Å². The Morgan fingerprint density at radius 1 is 1.30 bits per heavy atom. The second-order valence-electron chi connectivity index (χ2n) is 5.49. The lowest BCUT2D eigenvalue weighted by Gasteiger charge is -2.36. The molecule has 1 fully saturated rings. The van der Waals surface area contributed by atoms with Crippen LogP contribution in [0.1, 0.15) is 37.7 Å². The first-order valence-electron chi connectivity index (χ1n) is 7.24. The van der Waals surface area contributed by atoms with Crippen molar-refractivity contribution in [2.75, 3.05) is 13.7 Å². The molecule has 1 saturated carbocycles. The summed E-state index contributed by atoms with van der Waals surface area (Å²) in [6.45, 7) is 0.128. The van der Waals surface area contributed by atoms with Gasteiger partial charge in [-0.05, 0) is 18.4 Å². The van der Waals surface area contributed by atoms with E-state index < -0.39 is 11.5 Å². The number of aliphatic carboxylic acids is 1. The van der Waals surface area contributed by atoms with Crippen LogP contribution in [0.25, 0.3) is 0 Å².